The molecule has 1 fully saturated rings. The van der Waals surface area contributed by atoms with Gasteiger partial charge < -0.3 is 20.1 Å². The average molecular weight is 462 g/mol. The minimum absolute atomic E-state index is 0. The number of carbonyl (C=O) groups excluding carboxylic acids is 1. The molecule has 6 nitrogen and oxygen atoms in total. The summed E-state index contributed by atoms with van der Waals surface area (Å²) in [4.78, 5) is 17.8. The molecule has 1 aliphatic heterocycles. The van der Waals surface area contributed by atoms with Gasteiger partial charge in [-0.2, -0.15) is 0 Å². The van der Waals surface area contributed by atoms with Crippen LogP contribution in [0, 0.1) is 12.8 Å². The number of hydrogen-bond acceptors (Lipinski definition) is 6. The van der Waals surface area contributed by atoms with E-state index in [0.29, 0.717) is 28.8 Å². The normalized spacial score (nSPS) is 15.6. The highest BCUT2D eigenvalue weighted by molar-refractivity contribution is 7.17. The van der Waals surface area contributed by atoms with Crippen LogP contribution in [0.1, 0.15) is 34.6 Å². The summed E-state index contributed by atoms with van der Waals surface area (Å²) < 4.78 is 10.6. The lowest BCUT2D eigenvalue weighted by atomic mass is 9.96. The lowest BCUT2D eigenvalue weighted by Gasteiger charge is -2.22. The van der Waals surface area contributed by atoms with Crippen LogP contribution in [-0.4, -0.2) is 44.7 Å². The van der Waals surface area contributed by atoms with Crippen LogP contribution in [0.5, 0.6) is 11.5 Å². The fraction of sp³-hybridized carbons (Fsp3) is 0.500. The molecular formula is C20H29Cl2N3O3S. The Morgan fingerprint density at radius 2 is 2.03 bits per heavy atom. The molecule has 9 heteroatoms. The van der Waals surface area contributed by atoms with Crippen LogP contribution in [0.4, 0.5) is 0 Å². The summed E-state index contributed by atoms with van der Waals surface area (Å²) in [5.41, 5.74) is 1.66. The number of hydrogen-bond donors (Lipinski definition) is 2. The van der Waals surface area contributed by atoms with Crippen LogP contribution >= 0.6 is 36.2 Å². The van der Waals surface area contributed by atoms with Crippen LogP contribution in [-0.2, 0) is 0 Å². The van der Waals surface area contributed by atoms with Crippen molar-refractivity contribution in [2.45, 2.75) is 26.2 Å². The number of nitrogens with one attached hydrogen (secondary N) is 2. The van der Waals surface area contributed by atoms with Gasteiger partial charge in [0.05, 0.1) is 19.9 Å². The Balaban J connectivity index is 0.00000210. The van der Waals surface area contributed by atoms with Crippen LogP contribution in [0.15, 0.2) is 18.2 Å². The largest absolute Gasteiger partial charge is 0.493 e. The van der Waals surface area contributed by atoms with Gasteiger partial charge in [-0.15, -0.1) is 36.2 Å². The predicted octanol–water partition coefficient (Wildman–Crippen LogP) is 4.10. The second-order valence-electron chi connectivity index (χ2n) is 6.76. The number of rotatable bonds is 7. The van der Waals surface area contributed by atoms with Gasteiger partial charge >= 0.3 is 0 Å². The Labute approximate surface area is 188 Å². The first-order valence-corrected chi connectivity index (χ1v) is 10.1. The topological polar surface area (TPSA) is 72.5 Å². The van der Waals surface area contributed by atoms with Gasteiger partial charge in [0.25, 0.3) is 5.91 Å². The number of piperidine rings is 1. The number of methoxy groups -OCH3 is 2. The Bertz CT molecular complexity index is 795. The number of aryl methyl sites for hydroxylation is 1. The Morgan fingerprint density at radius 1 is 1.28 bits per heavy atom. The van der Waals surface area contributed by atoms with Crippen LogP contribution in [0.3, 0.4) is 0 Å². The Morgan fingerprint density at radius 3 is 2.69 bits per heavy atom. The van der Waals surface area contributed by atoms with E-state index >= 15 is 0 Å². The zero-order valence-electron chi connectivity index (χ0n) is 16.9. The zero-order chi connectivity index (χ0) is 19.2. The number of carbonyl (C=O) groups is 1. The molecule has 0 spiro atoms. The van der Waals surface area contributed by atoms with Gasteiger partial charge in [-0.05, 0) is 63.4 Å². The minimum atomic E-state index is -0.0412. The summed E-state index contributed by atoms with van der Waals surface area (Å²) in [6.45, 7) is 4.75. The van der Waals surface area contributed by atoms with Crippen molar-refractivity contribution in [2.75, 3.05) is 33.9 Å². The van der Waals surface area contributed by atoms with Crippen LogP contribution in [0.2, 0.25) is 0 Å². The monoisotopic (exact) mass is 461 g/mol. The second-order valence-corrected chi connectivity index (χ2v) is 7.76. The molecule has 2 heterocycles. The van der Waals surface area contributed by atoms with Gasteiger partial charge in [0, 0.05) is 12.1 Å². The van der Waals surface area contributed by atoms with Gasteiger partial charge in [-0.1, -0.05) is 0 Å². The van der Waals surface area contributed by atoms with Crippen molar-refractivity contribution in [1.29, 1.82) is 0 Å². The van der Waals surface area contributed by atoms with E-state index in [1.165, 1.54) is 24.2 Å². The SMILES string of the molecule is COc1ccc(-c2nc(C)c(C(=O)NCCC3CCCNC3)s2)cc1OC.Cl.Cl. The first kappa shape index (κ1) is 25.5. The molecule has 29 heavy (non-hydrogen) atoms. The van der Waals surface area contributed by atoms with Crippen molar-refractivity contribution in [2.24, 2.45) is 5.92 Å². The van der Waals surface area contributed by atoms with E-state index < -0.39 is 0 Å². The molecule has 1 atom stereocenters. The van der Waals surface area contributed by atoms with Crippen LogP contribution < -0.4 is 20.1 Å². The van der Waals surface area contributed by atoms with E-state index in [9.17, 15) is 4.79 Å². The molecule has 1 amide bonds. The fourth-order valence-corrected chi connectivity index (χ4v) is 4.32. The van der Waals surface area contributed by atoms with E-state index in [1.54, 1.807) is 14.2 Å². The summed E-state index contributed by atoms with van der Waals surface area (Å²) in [6.07, 6.45) is 3.48. The third kappa shape index (κ3) is 6.47. The molecule has 2 N–H and O–H groups in total. The number of halogens is 2. The van der Waals surface area contributed by atoms with E-state index in [2.05, 4.69) is 15.6 Å². The molecule has 2 aromatic rings. The second kappa shape index (κ2) is 12.2. The van der Waals surface area contributed by atoms with E-state index in [-0.39, 0.29) is 30.7 Å². The average Bonchev–Trinajstić information content (AvgIpc) is 3.10. The quantitative estimate of drug-likeness (QED) is 0.649. The number of aromatic nitrogens is 1. The summed E-state index contributed by atoms with van der Waals surface area (Å²) in [6, 6.07) is 5.66. The van der Waals surface area contributed by atoms with Gasteiger partial charge in [-0.3, -0.25) is 4.79 Å². The minimum Gasteiger partial charge on any atom is -0.493 e. The third-order valence-corrected chi connectivity index (χ3v) is 6.08. The molecule has 3 rings (SSSR count). The van der Waals surface area contributed by atoms with E-state index in [4.69, 9.17) is 9.47 Å². The third-order valence-electron chi connectivity index (χ3n) is 4.87. The summed E-state index contributed by atoms with van der Waals surface area (Å²) in [7, 11) is 3.21. The van der Waals surface area contributed by atoms with Gasteiger partial charge in [0.1, 0.15) is 9.88 Å². The van der Waals surface area contributed by atoms with Crippen molar-refractivity contribution in [3.05, 3.63) is 28.8 Å². The number of ether oxygens (including phenoxy) is 2. The highest BCUT2D eigenvalue weighted by Crippen LogP contribution is 2.35. The number of nitrogens with zero attached hydrogens (tertiary/aromatic N) is 1. The summed E-state index contributed by atoms with van der Waals surface area (Å²) >= 11 is 1.41. The molecule has 0 radical (unpaired) electrons. The molecule has 162 valence electrons. The number of amides is 1. The predicted molar refractivity (Wildman–Crippen MR) is 122 cm³/mol. The lowest BCUT2D eigenvalue weighted by molar-refractivity contribution is 0.0954. The molecular weight excluding hydrogens is 433 g/mol. The van der Waals surface area contributed by atoms with Gasteiger partial charge in [0.15, 0.2) is 11.5 Å². The summed E-state index contributed by atoms with van der Waals surface area (Å²) in [5.74, 6) is 1.93. The first-order valence-electron chi connectivity index (χ1n) is 9.31. The van der Waals surface area contributed by atoms with Crippen molar-refractivity contribution in [3.63, 3.8) is 0 Å². The smallest absolute Gasteiger partial charge is 0.263 e. The maximum atomic E-state index is 12.6. The van der Waals surface area contributed by atoms with Crippen molar-refractivity contribution in [1.82, 2.24) is 15.6 Å². The highest BCUT2D eigenvalue weighted by atomic mass is 35.5. The number of benzene rings is 1. The molecule has 0 saturated carbocycles. The Kier molecular flexibility index (Phi) is 10.7. The van der Waals surface area contributed by atoms with Crippen LogP contribution in [0.25, 0.3) is 10.6 Å². The van der Waals surface area contributed by atoms with E-state index in [1.807, 2.05) is 25.1 Å². The molecule has 1 aromatic carbocycles. The standard InChI is InChI=1S/C20H27N3O3S.2ClH/c1-13-18(19(24)22-10-8-14-5-4-9-21-12-14)27-20(23-13)15-6-7-16(25-2)17(11-15)26-3;;/h6-7,11,14,21H,4-5,8-10,12H2,1-3H3,(H,22,24);2*1H. The van der Waals surface area contributed by atoms with Gasteiger partial charge in [-0.25, -0.2) is 4.98 Å². The van der Waals surface area contributed by atoms with Crippen molar-refractivity contribution < 1.29 is 14.3 Å². The lowest BCUT2D eigenvalue weighted by Crippen LogP contribution is -2.33. The van der Waals surface area contributed by atoms with Crippen molar-refractivity contribution >= 4 is 42.1 Å². The molecule has 1 aromatic heterocycles. The Hall–Kier alpha value is -1.54. The highest BCUT2D eigenvalue weighted by Gasteiger charge is 2.18. The fourth-order valence-electron chi connectivity index (χ4n) is 3.34. The van der Waals surface area contributed by atoms with E-state index in [0.717, 1.165) is 35.8 Å². The molecule has 1 aliphatic rings. The maximum absolute atomic E-state index is 12.6. The summed E-state index contributed by atoms with van der Waals surface area (Å²) in [5, 5.41) is 7.27. The molecule has 1 saturated heterocycles. The van der Waals surface area contributed by atoms with Crippen molar-refractivity contribution in [3.8, 4) is 22.1 Å². The zero-order valence-corrected chi connectivity index (χ0v) is 19.4. The van der Waals surface area contributed by atoms with Gasteiger partial charge in [0.2, 0.25) is 0 Å². The number of thiazole rings is 1. The molecule has 0 aliphatic carbocycles. The molecule has 1 unspecified atom stereocenters. The maximum Gasteiger partial charge on any atom is 0.263 e. The molecule has 0 bridgehead atoms. The first-order chi connectivity index (χ1) is 13.1.